The summed E-state index contributed by atoms with van der Waals surface area (Å²) in [5, 5.41) is 3.58. The van der Waals surface area contributed by atoms with Gasteiger partial charge in [-0.15, -0.1) is 24.0 Å². The molecule has 2 rings (SSSR count). The van der Waals surface area contributed by atoms with Crippen molar-refractivity contribution in [2.45, 2.75) is 4.90 Å². The van der Waals surface area contributed by atoms with Crippen molar-refractivity contribution in [3.8, 4) is 0 Å². The van der Waals surface area contributed by atoms with E-state index in [1.54, 1.807) is 11.3 Å². The Kier molecular flexibility index (Phi) is 1.94. The summed E-state index contributed by atoms with van der Waals surface area (Å²) in [6, 6.07) is 3.78. The lowest BCUT2D eigenvalue weighted by Gasteiger charge is -1.96. The quantitative estimate of drug-likeness (QED) is 0.647. The minimum absolute atomic E-state index is 0.649. The van der Waals surface area contributed by atoms with Crippen molar-refractivity contribution in [1.82, 2.24) is 0 Å². The van der Waals surface area contributed by atoms with E-state index >= 15 is 0 Å². The topological polar surface area (TPSA) is 26.0 Å². The number of halogens is 1. The Labute approximate surface area is 84.6 Å². The van der Waals surface area contributed by atoms with Gasteiger partial charge >= 0.3 is 0 Å². The molecule has 1 aromatic heterocycles. The zero-order valence-electron chi connectivity index (χ0n) is 6.04. The molecular weight excluding hydrogens is 210 g/mol. The number of hydrogen-bond donors (Lipinski definition) is 2. The normalized spacial score (nSPS) is 10.8. The van der Waals surface area contributed by atoms with E-state index in [4.69, 9.17) is 17.3 Å². The molecular formula is C8H6ClNS2. The molecule has 0 amide bonds. The summed E-state index contributed by atoms with van der Waals surface area (Å²) in [6.45, 7) is 0. The average Bonchev–Trinajstić information content (AvgIpc) is 2.35. The molecule has 12 heavy (non-hydrogen) atoms. The van der Waals surface area contributed by atoms with E-state index in [2.05, 4.69) is 12.6 Å². The van der Waals surface area contributed by atoms with Crippen LogP contribution in [0.3, 0.4) is 0 Å². The molecule has 0 bridgehead atoms. The number of nitrogen functional groups attached to an aromatic ring is 1. The summed E-state index contributed by atoms with van der Waals surface area (Å²) in [6.07, 6.45) is 0. The van der Waals surface area contributed by atoms with E-state index in [9.17, 15) is 0 Å². The third-order valence-electron chi connectivity index (χ3n) is 1.67. The predicted molar refractivity (Wildman–Crippen MR) is 58.5 cm³/mol. The van der Waals surface area contributed by atoms with Crippen LogP contribution in [0.1, 0.15) is 0 Å². The molecule has 0 saturated heterocycles. The Morgan fingerprint density at radius 3 is 2.92 bits per heavy atom. The highest BCUT2D eigenvalue weighted by Gasteiger charge is 2.03. The second-order valence-corrected chi connectivity index (χ2v) is 4.29. The summed E-state index contributed by atoms with van der Waals surface area (Å²) in [5.41, 5.74) is 6.50. The fourth-order valence-electron chi connectivity index (χ4n) is 1.06. The smallest absolute Gasteiger partial charge is 0.0547 e. The fraction of sp³-hybridized carbons (Fsp3) is 0. The molecule has 0 saturated carbocycles. The Balaban J connectivity index is 2.87. The fourth-order valence-corrected chi connectivity index (χ4v) is 2.37. The van der Waals surface area contributed by atoms with Gasteiger partial charge in [0.2, 0.25) is 0 Å². The highest BCUT2D eigenvalue weighted by Crippen LogP contribution is 2.33. The lowest BCUT2D eigenvalue weighted by atomic mass is 10.2. The van der Waals surface area contributed by atoms with Crippen LogP contribution in [0.2, 0.25) is 5.02 Å². The van der Waals surface area contributed by atoms with Crippen LogP contribution in [-0.4, -0.2) is 0 Å². The third kappa shape index (κ3) is 1.18. The number of thiophene rings is 1. The molecule has 0 aliphatic carbocycles. The van der Waals surface area contributed by atoms with Crippen molar-refractivity contribution in [3.05, 3.63) is 22.5 Å². The maximum atomic E-state index is 5.89. The van der Waals surface area contributed by atoms with E-state index in [0.717, 1.165) is 20.7 Å². The van der Waals surface area contributed by atoms with Gasteiger partial charge in [-0.3, -0.25) is 0 Å². The number of thiol groups is 1. The Bertz CT molecular complexity index is 436. The molecule has 0 unspecified atom stereocenters. The Morgan fingerprint density at radius 2 is 2.17 bits per heavy atom. The monoisotopic (exact) mass is 215 g/mol. The first kappa shape index (κ1) is 8.23. The maximum Gasteiger partial charge on any atom is 0.0547 e. The van der Waals surface area contributed by atoms with E-state index in [1.807, 2.05) is 17.5 Å². The van der Waals surface area contributed by atoms with Gasteiger partial charge in [0.25, 0.3) is 0 Å². The van der Waals surface area contributed by atoms with Crippen molar-refractivity contribution in [2.24, 2.45) is 0 Å². The van der Waals surface area contributed by atoms with Crippen molar-refractivity contribution >= 4 is 51.3 Å². The van der Waals surface area contributed by atoms with Crippen LogP contribution in [0.5, 0.6) is 0 Å². The lowest BCUT2D eigenvalue weighted by molar-refractivity contribution is 1.54. The molecule has 0 atom stereocenters. The van der Waals surface area contributed by atoms with Crippen molar-refractivity contribution in [1.29, 1.82) is 0 Å². The number of anilines is 1. The summed E-state index contributed by atoms with van der Waals surface area (Å²) in [7, 11) is 0. The largest absolute Gasteiger partial charge is 0.398 e. The van der Waals surface area contributed by atoms with Crippen molar-refractivity contribution in [3.63, 3.8) is 0 Å². The standard InChI is InChI=1S/C8H6ClNS2/c9-5-1-4-6(10)3-12-8(4)2-7(5)11/h1-3,11H,10H2. The van der Waals surface area contributed by atoms with Gasteiger partial charge in [0.15, 0.2) is 0 Å². The molecule has 0 aliphatic heterocycles. The zero-order valence-corrected chi connectivity index (χ0v) is 8.51. The van der Waals surface area contributed by atoms with Gasteiger partial charge in [-0.2, -0.15) is 0 Å². The Morgan fingerprint density at radius 1 is 1.42 bits per heavy atom. The van der Waals surface area contributed by atoms with Crippen LogP contribution in [-0.2, 0) is 0 Å². The third-order valence-corrected chi connectivity index (χ3v) is 3.45. The number of fused-ring (bicyclic) bond motifs is 1. The van der Waals surface area contributed by atoms with Gasteiger partial charge in [-0.1, -0.05) is 11.6 Å². The minimum Gasteiger partial charge on any atom is -0.398 e. The van der Waals surface area contributed by atoms with Gasteiger partial charge in [-0.25, -0.2) is 0 Å². The summed E-state index contributed by atoms with van der Waals surface area (Å²) in [5.74, 6) is 0. The predicted octanol–water partition coefficient (Wildman–Crippen LogP) is 3.43. The molecule has 4 heteroatoms. The molecule has 0 fully saturated rings. The van der Waals surface area contributed by atoms with Crippen molar-refractivity contribution < 1.29 is 0 Å². The molecule has 2 aromatic rings. The van der Waals surface area contributed by atoms with E-state index in [1.165, 1.54) is 0 Å². The molecule has 0 spiro atoms. The highest BCUT2D eigenvalue weighted by molar-refractivity contribution is 7.80. The van der Waals surface area contributed by atoms with Gasteiger partial charge in [0, 0.05) is 20.4 Å². The number of hydrogen-bond acceptors (Lipinski definition) is 3. The minimum atomic E-state index is 0.649. The number of benzene rings is 1. The maximum absolute atomic E-state index is 5.89. The van der Waals surface area contributed by atoms with E-state index in [0.29, 0.717) is 5.02 Å². The van der Waals surface area contributed by atoms with Crippen LogP contribution in [0, 0.1) is 0 Å². The number of nitrogens with two attached hydrogens (primary N) is 1. The van der Waals surface area contributed by atoms with Crippen molar-refractivity contribution in [2.75, 3.05) is 5.73 Å². The van der Waals surface area contributed by atoms with Gasteiger partial charge in [0.1, 0.15) is 0 Å². The highest BCUT2D eigenvalue weighted by atomic mass is 35.5. The summed E-state index contributed by atoms with van der Waals surface area (Å²) >= 11 is 11.7. The summed E-state index contributed by atoms with van der Waals surface area (Å²) in [4.78, 5) is 0.797. The van der Waals surface area contributed by atoms with Crippen LogP contribution in [0.15, 0.2) is 22.4 Å². The number of rotatable bonds is 0. The zero-order chi connectivity index (χ0) is 8.72. The first-order valence-corrected chi connectivity index (χ1v) is 5.04. The van der Waals surface area contributed by atoms with Crippen LogP contribution in [0.25, 0.3) is 10.1 Å². The van der Waals surface area contributed by atoms with Gasteiger partial charge in [0.05, 0.1) is 10.7 Å². The van der Waals surface area contributed by atoms with Gasteiger partial charge < -0.3 is 5.73 Å². The van der Waals surface area contributed by atoms with Crippen LogP contribution in [0.4, 0.5) is 5.69 Å². The SMILES string of the molecule is Nc1csc2cc(S)c(Cl)cc12. The molecule has 1 nitrogen and oxygen atoms in total. The second-order valence-electron chi connectivity index (χ2n) is 2.49. The van der Waals surface area contributed by atoms with Crippen LogP contribution < -0.4 is 5.73 Å². The molecule has 1 heterocycles. The molecule has 62 valence electrons. The second kappa shape index (κ2) is 2.83. The lowest BCUT2D eigenvalue weighted by Crippen LogP contribution is -1.80. The Hall–Kier alpha value is -0.380. The van der Waals surface area contributed by atoms with Gasteiger partial charge in [-0.05, 0) is 12.1 Å². The first-order valence-electron chi connectivity index (χ1n) is 3.33. The molecule has 0 aliphatic rings. The summed E-state index contributed by atoms with van der Waals surface area (Å²) < 4.78 is 1.13. The van der Waals surface area contributed by atoms with E-state index in [-0.39, 0.29) is 0 Å². The van der Waals surface area contributed by atoms with E-state index < -0.39 is 0 Å². The molecule has 1 aromatic carbocycles. The average molecular weight is 216 g/mol. The van der Waals surface area contributed by atoms with Crippen LogP contribution >= 0.6 is 35.6 Å². The molecule has 2 N–H and O–H groups in total. The molecule has 0 radical (unpaired) electrons. The first-order chi connectivity index (χ1) is 5.68.